The molecule has 1 aliphatic carbocycles. The van der Waals surface area contributed by atoms with Crippen molar-refractivity contribution in [2.24, 2.45) is 0 Å². The van der Waals surface area contributed by atoms with Crippen molar-refractivity contribution in [3.63, 3.8) is 0 Å². The quantitative estimate of drug-likeness (QED) is 0.511. The smallest absolute Gasteiger partial charge is 0.334 e. The second-order valence-corrected chi connectivity index (χ2v) is 8.87. The molecule has 11 heteroatoms. The van der Waals surface area contributed by atoms with Crippen molar-refractivity contribution >= 4 is 28.9 Å². The molecule has 5 rings (SSSR count). The maximum atomic E-state index is 13.2. The lowest BCUT2D eigenvalue weighted by Gasteiger charge is -2.30. The average molecular weight is 478 g/mol. The Balaban J connectivity index is 1.35. The molecule has 0 unspecified atom stereocenters. The summed E-state index contributed by atoms with van der Waals surface area (Å²) in [6.07, 6.45) is 4.38. The molecule has 174 valence electrons. The first-order chi connectivity index (χ1) is 15.8. The van der Waals surface area contributed by atoms with Gasteiger partial charge in [-0.1, -0.05) is 17.7 Å². The van der Waals surface area contributed by atoms with Gasteiger partial charge >= 0.3 is 6.61 Å². The maximum Gasteiger partial charge on any atom is 0.345 e. The van der Waals surface area contributed by atoms with E-state index in [0.29, 0.717) is 47.9 Å². The van der Waals surface area contributed by atoms with Gasteiger partial charge < -0.3 is 18.9 Å². The summed E-state index contributed by atoms with van der Waals surface area (Å²) in [5, 5.41) is 4.81. The van der Waals surface area contributed by atoms with Crippen LogP contribution in [-0.4, -0.2) is 68.1 Å². The highest BCUT2D eigenvalue weighted by Crippen LogP contribution is 2.42. The second-order valence-electron chi connectivity index (χ2n) is 8.49. The van der Waals surface area contributed by atoms with Crippen molar-refractivity contribution in [2.45, 2.75) is 38.1 Å². The van der Waals surface area contributed by atoms with Crippen molar-refractivity contribution in [1.29, 1.82) is 0 Å². The Bertz CT molecular complexity index is 1240. The van der Waals surface area contributed by atoms with Gasteiger partial charge in [0.1, 0.15) is 5.15 Å². The Kier molecular flexibility index (Phi) is 5.37. The fraction of sp³-hybridized carbons (Fsp3) is 0.409. The molecular formula is C22H22ClF2N5O3. The number of alkyl halides is 2. The molecule has 2 aliphatic rings. The molecule has 1 aliphatic heterocycles. The molecule has 1 saturated carbocycles. The van der Waals surface area contributed by atoms with E-state index in [1.807, 2.05) is 12.1 Å². The highest BCUT2D eigenvalue weighted by atomic mass is 35.5. The molecule has 0 spiro atoms. The molecule has 8 nitrogen and oxygen atoms in total. The van der Waals surface area contributed by atoms with E-state index in [0.717, 1.165) is 5.52 Å². The molecule has 4 heterocycles. The molecule has 0 aromatic carbocycles. The fourth-order valence-corrected chi connectivity index (χ4v) is 4.55. The van der Waals surface area contributed by atoms with Crippen LogP contribution in [0.1, 0.15) is 39.3 Å². The summed E-state index contributed by atoms with van der Waals surface area (Å²) < 4.78 is 33.0. The molecule has 0 radical (unpaired) electrons. The number of carbonyl (C=O) groups is 2. The summed E-state index contributed by atoms with van der Waals surface area (Å²) >= 11 is 6.21. The predicted molar refractivity (Wildman–Crippen MR) is 115 cm³/mol. The van der Waals surface area contributed by atoms with Crippen LogP contribution >= 0.6 is 11.6 Å². The van der Waals surface area contributed by atoms with Crippen LogP contribution in [0.2, 0.25) is 5.15 Å². The highest BCUT2D eigenvalue weighted by molar-refractivity contribution is 6.29. The van der Waals surface area contributed by atoms with Gasteiger partial charge in [0.2, 0.25) is 0 Å². The fourth-order valence-electron chi connectivity index (χ4n) is 4.33. The number of hydrogen-bond donors (Lipinski definition) is 0. The third-order valence-corrected chi connectivity index (χ3v) is 6.85. The molecular weight excluding hydrogens is 456 g/mol. The monoisotopic (exact) mass is 477 g/mol. The van der Waals surface area contributed by atoms with Crippen LogP contribution in [0, 0.1) is 0 Å². The van der Waals surface area contributed by atoms with Crippen LogP contribution in [0.4, 0.5) is 8.78 Å². The third kappa shape index (κ3) is 3.87. The number of aromatic nitrogens is 3. The average Bonchev–Trinajstić information content (AvgIpc) is 3.27. The number of fused-ring (bicyclic) bond motifs is 2. The first-order valence-corrected chi connectivity index (χ1v) is 11.0. The van der Waals surface area contributed by atoms with Gasteiger partial charge in [-0.15, -0.1) is 0 Å². The van der Waals surface area contributed by atoms with Gasteiger partial charge in [0.05, 0.1) is 48.3 Å². The van der Waals surface area contributed by atoms with Crippen molar-refractivity contribution < 1.29 is 23.1 Å². The minimum Gasteiger partial charge on any atom is -0.334 e. The van der Waals surface area contributed by atoms with Crippen LogP contribution in [0.25, 0.3) is 5.52 Å². The number of ether oxygens (including phenoxy) is 1. The Hall–Kier alpha value is -2.98. The summed E-state index contributed by atoms with van der Waals surface area (Å²) in [4.78, 5) is 29.6. The number of halogens is 3. The van der Waals surface area contributed by atoms with E-state index in [2.05, 4.69) is 9.84 Å². The van der Waals surface area contributed by atoms with Gasteiger partial charge in [-0.2, -0.15) is 13.9 Å². The highest BCUT2D eigenvalue weighted by Gasteiger charge is 2.50. The van der Waals surface area contributed by atoms with E-state index >= 15 is 0 Å². The summed E-state index contributed by atoms with van der Waals surface area (Å²) in [7, 11) is 1.59. The van der Waals surface area contributed by atoms with Crippen LogP contribution in [0.15, 0.2) is 36.7 Å². The predicted octanol–water partition coefficient (Wildman–Crippen LogP) is 3.29. The van der Waals surface area contributed by atoms with E-state index in [1.165, 1.54) is 11.1 Å². The van der Waals surface area contributed by atoms with Gasteiger partial charge in [-0.05, 0) is 31.0 Å². The normalized spacial score (nSPS) is 16.8. The summed E-state index contributed by atoms with van der Waals surface area (Å²) in [5.41, 5.74) is 1.58. The van der Waals surface area contributed by atoms with E-state index in [4.69, 9.17) is 11.6 Å². The summed E-state index contributed by atoms with van der Waals surface area (Å²) in [6.45, 7) is -1.98. The third-order valence-electron chi connectivity index (χ3n) is 6.54. The van der Waals surface area contributed by atoms with Gasteiger partial charge in [-0.3, -0.25) is 14.3 Å². The summed E-state index contributed by atoms with van der Waals surface area (Å²) in [6, 6.07) is 7.21. The van der Waals surface area contributed by atoms with Crippen LogP contribution in [0.5, 0.6) is 0 Å². The van der Waals surface area contributed by atoms with Crippen LogP contribution in [-0.2, 0) is 17.8 Å². The minimum atomic E-state index is -2.88. The number of carbonyl (C=O) groups excluding carboxylic acids is 2. The second kappa shape index (κ2) is 8.11. The molecule has 1 fully saturated rings. The molecule has 0 atom stereocenters. The molecule has 33 heavy (non-hydrogen) atoms. The molecule has 2 amide bonds. The lowest BCUT2D eigenvalue weighted by molar-refractivity contribution is -0.141. The lowest BCUT2D eigenvalue weighted by Crippen LogP contribution is -2.44. The number of amides is 2. The van der Waals surface area contributed by atoms with Gasteiger partial charge in [0.15, 0.2) is 0 Å². The van der Waals surface area contributed by atoms with Crippen molar-refractivity contribution in [2.75, 3.05) is 20.2 Å². The van der Waals surface area contributed by atoms with Crippen LogP contribution < -0.4 is 0 Å². The van der Waals surface area contributed by atoms with Gasteiger partial charge in [0, 0.05) is 25.3 Å². The molecule has 0 N–H and O–H groups in total. The maximum absolute atomic E-state index is 13.2. The van der Waals surface area contributed by atoms with Crippen molar-refractivity contribution in [3.05, 3.63) is 58.6 Å². The topological polar surface area (TPSA) is 72.1 Å². The van der Waals surface area contributed by atoms with Gasteiger partial charge in [-0.25, -0.2) is 0 Å². The zero-order valence-corrected chi connectivity index (χ0v) is 18.6. The van der Waals surface area contributed by atoms with E-state index in [1.54, 1.807) is 39.4 Å². The summed E-state index contributed by atoms with van der Waals surface area (Å²) in [5.74, 6) is -0.486. The number of likely N-dealkylation sites (N-methyl/N-ethyl adjacent to an activating group) is 1. The Morgan fingerprint density at radius 1 is 1.30 bits per heavy atom. The Morgan fingerprint density at radius 2 is 2.09 bits per heavy atom. The zero-order valence-electron chi connectivity index (χ0n) is 17.9. The number of rotatable bonds is 6. The van der Waals surface area contributed by atoms with E-state index in [9.17, 15) is 18.4 Å². The van der Waals surface area contributed by atoms with Crippen molar-refractivity contribution in [1.82, 2.24) is 24.0 Å². The molecule has 3 aromatic rings. The van der Waals surface area contributed by atoms with Gasteiger partial charge in [0.25, 0.3) is 11.8 Å². The molecule has 0 saturated heterocycles. The molecule has 3 aromatic heterocycles. The first kappa shape index (κ1) is 21.8. The SMILES string of the molecule is CN(C(=O)c1cnn2c1CN(C(=O)c1cc3cccc(Cl)n3c1)CC2)C1(COC(F)F)CC1. The lowest BCUT2D eigenvalue weighted by atomic mass is 10.1. The Labute approximate surface area is 193 Å². The number of nitrogens with zero attached hydrogens (tertiary/aromatic N) is 5. The van der Waals surface area contributed by atoms with Crippen LogP contribution in [0.3, 0.4) is 0 Å². The Morgan fingerprint density at radius 3 is 2.79 bits per heavy atom. The number of pyridine rings is 1. The minimum absolute atomic E-state index is 0.169. The first-order valence-electron chi connectivity index (χ1n) is 10.6. The largest absolute Gasteiger partial charge is 0.345 e. The number of hydrogen-bond acceptors (Lipinski definition) is 4. The van der Waals surface area contributed by atoms with Crippen molar-refractivity contribution in [3.8, 4) is 0 Å². The zero-order chi connectivity index (χ0) is 23.3. The molecule has 0 bridgehead atoms. The van der Waals surface area contributed by atoms with E-state index < -0.39 is 12.2 Å². The standard InChI is InChI=1S/C22H22ClF2N5O3/c1-27(22(5-6-22)13-33-21(24)25)20(32)16-10-26-30-8-7-28(12-17(16)30)19(31)14-9-15-3-2-4-18(23)29(15)11-14/h2-4,9-11,21H,5-8,12-13H2,1H3. The van der Waals surface area contributed by atoms with E-state index in [-0.39, 0.29) is 25.0 Å².